The molecule has 0 radical (unpaired) electrons. The van der Waals surface area contributed by atoms with Gasteiger partial charge >= 0.3 is 5.97 Å². The maximum atomic E-state index is 11.9. The van der Waals surface area contributed by atoms with Crippen molar-refractivity contribution in [1.29, 1.82) is 0 Å². The Morgan fingerprint density at radius 2 is 2.05 bits per heavy atom. The number of ether oxygens (including phenoxy) is 3. The number of benzene rings is 1. The van der Waals surface area contributed by atoms with Gasteiger partial charge < -0.3 is 19.9 Å². The van der Waals surface area contributed by atoms with Crippen molar-refractivity contribution in [1.82, 2.24) is 0 Å². The van der Waals surface area contributed by atoms with Crippen molar-refractivity contribution in [2.24, 2.45) is 5.73 Å². The number of methoxy groups -OCH3 is 1. The zero-order valence-electron chi connectivity index (χ0n) is 13.1. The first-order valence-corrected chi connectivity index (χ1v) is 7.36. The van der Waals surface area contributed by atoms with E-state index in [1.54, 1.807) is 14.0 Å². The molecule has 1 unspecified atom stereocenters. The van der Waals surface area contributed by atoms with Crippen LogP contribution in [0, 0.1) is 0 Å². The minimum atomic E-state index is -0.614. The van der Waals surface area contributed by atoms with Crippen LogP contribution < -0.4 is 15.2 Å². The van der Waals surface area contributed by atoms with Crippen LogP contribution in [0.4, 0.5) is 0 Å². The van der Waals surface area contributed by atoms with Crippen LogP contribution in [0.5, 0.6) is 11.5 Å². The van der Waals surface area contributed by atoms with Gasteiger partial charge in [0.05, 0.1) is 13.7 Å². The summed E-state index contributed by atoms with van der Waals surface area (Å²) in [6.45, 7) is 4.68. The van der Waals surface area contributed by atoms with E-state index in [1.165, 1.54) is 0 Å². The number of rotatable bonds is 9. The van der Waals surface area contributed by atoms with Crippen molar-refractivity contribution in [3.8, 4) is 11.5 Å². The van der Waals surface area contributed by atoms with E-state index in [0.717, 1.165) is 18.4 Å². The zero-order chi connectivity index (χ0) is 15.7. The summed E-state index contributed by atoms with van der Waals surface area (Å²) in [5.41, 5.74) is 6.62. The van der Waals surface area contributed by atoms with Gasteiger partial charge in [0, 0.05) is 0 Å². The smallest absolute Gasteiger partial charge is 0.347 e. The third kappa shape index (κ3) is 5.27. The van der Waals surface area contributed by atoms with E-state index in [-0.39, 0.29) is 5.97 Å². The molecule has 0 spiro atoms. The van der Waals surface area contributed by atoms with Gasteiger partial charge in [-0.25, -0.2) is 4.79 Å². The molecule has 1 aromatic rings. The van der Waals surface area contributed by atoms with Gasteiger partial charge in [0.15, 0.2) is 17.6 Å². The molecule has 0 aliphatic carbocycles. The fourth-order valence-corrected chi connectivity index (χ4v) is 2.01. The first-order valence-electron chi connectivity index (χ1n) is 7.36. The van der Waals surface area contributed by atoms with Crippen LogP contribution in [-0.4, -0.2) is 32.3 Å². The second-order valence-corrected chi connectivity index (χ2v) is 4.67. The van der Waals surface area contributed by atoms with E-state index in [2.05, 4.69) is 0 Å². The lowest BCUT2D eigenvalue weighted by Gasteiger charge is -2.19. The number of hydrogen-bond acceptors (Lipinski definition) is 5. The van der Waals surface area contributed by atoms with Crippen LogP contribution in [0.1, 0.15) is 32.3 Å². The summed E-state index contributed by atoms with van der Waals surface area (Å²) < 4.78 is 16.2. The highest BCUT2D eigenvalue weighted by atomic mass is 16.6. The van der Waals surface area contributed by atoms with Crippen molar-refractivity contribution in [3.63, 3.8) is 0 Å². The number of esters is 1. The molecule has 118 valence electrons. The van der Waals surface area contributed by atoms with Crippen molar-refractivity contribution in [2.45, 2.75) is 39.2 Å². The highest BCUT2D eigenvalue weighted by molar-refractivity contribution is 5.75. The fourth-order valence-electron chi connectivity index (χ4n) is 2.01. The van der Waals surface area contributed by atoms with Crippen molar-refractivity contribution in [2.75, 3.05) is 20.3 Å². The van der Waals surface area contributed by atoms with Crippen molar-refractivity contribution in [3.05, 3.63) is 23.8 Å². The molecule has 0 aromatic heterocycles. The molecule has 0 saturated carbocycles. The Kier molecular flexibility index (Phi) is 7.61. The van der Waals surface area contributed by atoms with Crippen LogP contribution in [0.25, 0.3) is 0 Å². The SMILES string of the molecule is CCCC(Oc1cc(CCN)ccc1OC)C(=O)OCC. The number of nitrogens with two attached hydrogens (primary N) is 1. The summed E-state index contributed by atoms with van der Waals surface area (Å²) in [5, 5.41) is 0. The lowest BCUT2D eigenvalue weighted by Crippen LogP contribution is -2.29. The minimum Gasteiger partial charge on any atom is -0.493 e. The third-order valence-corrected chi connectivity index (χ3v) is 3.03. The fraction of sp³-hybridized carbons (Fsp3) is 0.562. The molecule has 0 amide bonds. The monoisotopic (exact) mass is 295 g/mol. The second kappa shape index (κ2) is 9.23. The Balaban J connectivity index is 2.94. The van der Waals surface area contributed by atoms with Gasteiger partial charge in [0.2, 0.25) is 0 Å². The predicted octanol–water partition coefficient (Wildman–Crippen LogP) is 2.31. The topological polar surface area (TPSA) is 70.8 Å². The molecule has 0 bridgehead atoms. The molecule has 5 nitrogen and oxygen atoms in total. The van der Waals surface area contributed by atoms with E-state index in [4.69, 9.17) is 19.9 Å². The van der Waals surface area contributed by atoms with Gasteiger partial charge in [0.25, 0.3) is 0 Å². The average Bonchev–Trinajstić information content (AvgIpc) is 2.47. The molecule has 0 saturated heterocycles. The Labute approximate surface area is 126 Å². The maximum Gasteiger partial charge on any atom is 0.347 e. The summed E-state index contributed by atoms with van der Waals surface area (Å²) in [4.78, 5) is 11.9. The van der Waals surface area contributed by atoms with Gasteiger partial charge in [-0.05, 0) is 44.0 Å². The summed E-state index contributed by atoms with van der Waals surface area (Å²) >= 11 is 0. The van der Waals surface area contributed by atoms with Crippen LogP contribution in [0.15, 0.2) is 18.2 Å². The van der Waals surface area contributed by atoms with Crippen molar-refractivity contribution >= 4 is 5.97 Å². The van der Waals surface area contributed by atoms with Gasteiger partial charge in [-0.15, -0.1) is 0 Å². The Hall–Kier alpha value is -1.75. The maximum absolute atomic E-state index is 11.9. The largest absolute Gasteiger partial charge is 0.493 e. The van der Waals surface area contributed by atoms with E-state index < -0.39 is 6.10 Å². The third-order valence-electron chi connectivity index (χ3n) is 3.03. The molecule has 1 atom stereocenters. The molecule has 0 fully saturated rings. The average molecular weight is 295 g/mol. The van der Waals surface area contributed by atoms with E-state index in [1.807, 2.05) is 25.1 Å². The number of hydrogen-bond donors (Lipinski definition) is 1. The first kappa shape index (κ1) is 17.3. The van der Waals surface area contributed by atoms with Crippen LogP contribution in [-0.2, 0) is 16.0 Å². The molecule has 1 aromatic carbocycles. The minimum absolute atomic E-state index is 0.340. The Bertz CT molecular complexity index is 448. The molecule has 21 heavy (non-hydrogen) atoms. The number of carbonyl (C=O) groups is 1. The standard InChI is InChI=1S/C16H25NO4/c1-4-6-14(16(18)20-5-2)21-15-11-12(9-10-17)7-8-13(15)19-3/h7-8,11,14H,4-6,9-10,17H2,1-3H3. The summed E-state index contributed by atoms with van der Waals surface area (Å²) in [6, 6.07) is 5.64. The van der Waals surface area contributed by atoms with Gasteiger partial charge in [-0.2, -0.15) is 0 Å². The Morgan fingerprint density at radius 1 is 1.29 bits per heavy atom. The van der Waals surface area contributed by atoms with Gasteiger partial charge in [0.1, 0.15) is 0 Å². The quantitative estimate of drug-likeness (QED) is 0.708. The molecular weight excluding hydrogens is 270 g/mol. The van der Waals surface area contributed by atoms with E-state index in [0.29, 0.717) is 31.1 Å². The van der Waals surface area contributed by atoms with Gasteiger partial charge in [-0.3, -0.25) is 0 Å². The van der Waals surface area contributed by atoms with Crippen LogP contribution >= 0.6 is 0 Å². The molecule has 5 heteroatoms. The molecule has 0 aliphatic rings. The molecule has 0 aliphatic heterocycles. The summed E-state index contributed by atoms with van der Waals surface area (Å²) in [6.07, 6.45) is 1.56. The highest BCUT2D eigenvalue weighted by Crippen LogP contribution is 2.30. The van der Waals surface area contributed by atoms with E-state index >= 15 is 0 Å². The van der Waals surface area contributed by atoms with Gasteiger partial charge in [-0.1, -0.05) is 19.4 Å². The Morgan fingerprint density at radius 3 is 2.62 bits per heavy atom. The predicted molar refractivity (Wildman–Crippen MR) is 81.7 cm³/mol. The number of carbonyl (C=O) groups excluding carboxylic acids is 1. The highest BCUT2D eigenvalue weighted by Gasteiger charge is 2.22. The molecule has 0 heterocycles. The molecular formula is C16H25NO4. The zero-order valence-corrected chi connectivity index (χ0v) is 13.1. The van der Waals surface area contributed by atoms with Crippen LogP contribution in [0.2, 0.25) is 0 Å². The van der Waals surface area contributed by atoms with E-state index in [9.17, 15) is 4.79 Å². The van der Waals surface area contributed by atoms with Crippen LogP contribution in [0.3, 0.4) is 0 Å². The lowest BCUT2D eigenvalue weighted by atomic mass is 10.1. The molecule has 2 N–H and O–H groups in total. The van der Waals surface area contributed by atoms with Crippen molar-refractivity contribution < 1.29 is 19.0 Å². The first-order chi connectivity index (χ1) is 10.2. The lowest BCUT2D eigenvalue weighted by molar-refractivity contribution is -0.151. The summed E-state index contributed by atoms with van der Waals surface area (Å²) in [7, 11) is 1.57. The molecule has 1 rings (SSSR count). The normalized spacial score (nSPS) is 11.8. The second-order valence-electron chi connectivity index (χ2n) is 4.67. The summed E-state index contributed by atoms with van der Waals surface area (Å²) in [5.74, 6) is 0.807.